The number of nitrogens with one attached hydrogen (secondary N) is 2. The summed E-state index contributed by atoms with van der Waals surface area (Å²) >= 11 is 0. The van der Waals surface area contributed by atoms with Crippen molar-refractivity contribution in [1.82, 2.24) is 14.9 Å². The topological polar surface area (TPSA) is 91.9 Å². The van der Waals surface area contributed by atoms with Crippen LogP contribution in [0.2, 0.25) is 0 Å². The van der Waals surface area contributed by atoms with E-state index in [2.05, 4.69) is 14.9 Å². The first-order chi connectivity index (χ1) is 7.43. The highest BCUT2D eigenvalue weighted by Gasteiger charge is 2.29. The van der Waals surface area contributed by atoms with E-state index >= 15 is 0 Å². The van der Waals surface area contributed by atoms with E-state index in [1.165, 1.54) is 0 Å². The molecule has 2 rings (SSSR count). The molecular formula is C9H13N3O3S. The van der Waals surface area contributed by atoms with Gasteiger partial charge in [0, 0.05) is 12.1 Å². The van der Waals surface area contributed by atoms with Gasteiger partial charge in [0.05, 0.1) is 5.69 Å². The molecule has 6 nitrogen and oxygen atoms in total. The highest BCUT2D eigenvalue weighted by atomic mass is 32.2. The van der Waals surface area contributed by atoms with Crippen LogP contribution < -0.4 is 10.3 Å². The Kier molecular flexibility index (Phi) is 2.59. The van der Waals surface area contributed by atoms with Crippen LogP contribution >= 0.6 is 0 Å². The van der Waals surface area contributed by atoms with E-state index in [0.29, 0.717) is 24.2 Å². The number of H-pyrrole nitrogens is 1. The summed E-state index contributed by atoms with van der Waals surface area (Å²) in [6.07, 6.45) is 0.513. The second kappa shape index (κ2) is 3.67. The normalized spacial score (nSPS) is 18.4. The van der Waals surface area contributed by atoms with Gasteiger partial charge in [-0.15, -0.1) is 0 Å². The third kappa shape index (κ3) is 1.65. The molecule has 1 aromatic heterocycles. The molecule has 0 saturated heterocycles. The summed E-state index contributed by atoms with van der Waals surface area (Å²) in [5.74, 6) is 0.0823. The van der Waals surface area contributed by atoms with Gasteiger partial charge < -0.3 is 0 Å². The molecule has 7 heteroatoms. The molecule has 0 spiro atoms. The molecule has 1 aliphatic rings. The van der Waals surface area contributed by atoms with Crippen LogP contribution in [0.15, 0.2) is 9.69 Å². The van der Waals surface area contributed by atoms with E-state index in [9.17, 15) is 13.2 Å². The summed E-state index contributed by atoms with van der Waals surface area (Å²) in [5, 5.41) is 6.17. The van der Waals surface area contributed by atoms with Crippen LogP contribution in [0.3, 0.4) is 0 Å². The maximum Gasteiger partial charge on any atom is 0.284 e. The summed E-state index contributed by atoms with van der Waals surface area (Å²) in [6.45, 7) is 4.14. The smallest absolute Gasteiger partial charge is 0.266 e. The molecule has 0 aliphatic carbocycles. The highest BCUT2D eigenvalue weighted by Crippen LogP contribution is 2.23. The summed E-state index contributed by atoms with van der Waals surface area (Å²) < 4.78 is 25.8. The van der Waals surface area contributed by atoms with Gasteiger partial charge in [-0.3, -0.25) is 4.79 Å². The first kappa shape index (κ1) is 11.3. The van der Waals surface area contributed by atoms with Crippen molar-refractivity contribution in [1.29, 1.82) is 0 Å². The fourth-order valence-electron chi connectivity index (χ4n) is 1.87. The van der Waals surface area contributed by atoms with Crippen molar-refractivity contribution in [2.75, 3.05) is 6.54 Å². The van der Waals surface area contributed by atoms with Crippen molar-refractivity contribution in [3.63, 3.8) is 0 Å². The Balaban J connectivity index is 2.81. The standard InChI is InChI=1S/C9H13N3O3S/c1-5(2)7-6-3-4-10-16(14,15)8(6)9(13)12-11-7/h5,10H,3-4H2,1-2H3,(H,12,13). The maximum absolute atomic E-state index is 11.7. The van der Waals surface area contributed by atoms with Gasteiger partial charge in [-0.25, -0.2) is 18.2 Å². The molecule has 0 fully saturated rings. The fraction of sp³-hybridized carbons (Fsp3) is 0.556. The number of sulfonamides is 1. The van der Waals surface area contributed by atoms with E-state index in [0.717, 1.165) is 0 Å². The summed E-state index contributed by atoms with van der Waals surface area (Å²) in [7, 11) is -3.66. The Morgan fingerprint density at radius 3 is 2.69 bits per heavy atom. The van der Waals surface area contributed by atoms with Crippen molar-refractivity contribution in [2.45, 2.75) is 31.1 Å². The minimum atomic E-state index is -3.66. The van der Waals surface area contributed by atoms with Crippen LogP contribution in [0.25, 0.3) is 0 Å². The van der Waals surface area contributed by atoms with Crippen molar-refractivity contribution in [3.05, 3.63) is 21.6 Å². The molecule has 2 heterocycles. The summed E-state index contributed by atoms with van der Waals surface area (Å²) in [6, 6.07) is 0. The van der Waals surface area contributed by atoms with Crippen molar-refractivity contribution in [3.8, 4) is 0 Å². The Hall–Kier alpha value is -1.21. The molecule has 2 N–H and O–H groups in total. The zero-order valence-electron chi connectivity index (χ0n) is 9.07. The van der Waals surface area contributed by atoms with Gasteiger partial charge in [0.2, 0.25) is 10.0 Å². The predicted molar refractivity (Wildman–Crippen MR) is 57.8 cm³/mol. The number of hydrogen-bond donors (Lipinski definition) is 2. The van der Waals surface area contributed by atoms with Gasteiger partial charge in [-0.05, 0) is 12.3 Å². The molecule has 16 heavy (non-hydrogen) atoms. The number of aromatic amines is 1. The van der Waals surface area contributed by atoms with Crippen LogP contribution in [-0.2, 0) is 16.4 Å². The lowest BCUT2D eigenvalue weighted by Crippen LogP contribution is -2.38. The van der Waals surface area contributed by atoms with E-state index in [4.69, 9.17) is 0 Å². The number of hydrogen-bond acceptors (Lipinski definition) is 4. The third-order valence-electron chi connectivity index (χ3n) is 2.55. The average Bonchev–Trinajstić information content (AvgIpc) is 2.16. The van der Waals surface area contributed by atoms with E-state index in [-0.39, 0.29) is 10.8 Å². The SMILES string of the molecule is CC(C)c1n[nH]c(=O)c2c1CCNS2(=O)=O. The largest absolute Gasteiger partial charge is 0.284 e. The van der Waals surface area contributed by atoms with Crippen LogP contribution in [0, 0.1) is 0 Å². The Morgan fingerprint density at radius 2 is 2.06 bits per heavy atom. The molecule has 88 valence electrons. The van der Waals surface area contributed by atoms with Gasteiger partial charge in [0.1, 0.15) is 0 Å². The van der Waals surface area contributed by atoms with Gasteiger partial charge >= 0.3 is 0 Å². The number of aromatic nitrogens is 2. The van der Waals surface area contributed by atoms with E-state index in [1.807, 2.05) is 13.8 Å². The molecule has 1 aliphatic heterocycles. The van der Waals surface area contributed by atoms with Gasteiger partial charge in [-0.2, -0.15) is 5.10 Å². The monoisotopic (exact) mass is 243 g/mol. The molecule has 0 saturated carbocycles. The lowest BCUT2D eigenvalue weighted by Gasteiger charge is -2.19. The van der Waals surface area contributed by atoms with Gasteiger partial charge in [-0.1, -0.05) is 13.8 Å². The zero-order valence-corrected chi connectivity index (χ0v) is 9.89. The molecule has 0 radical (unpaired) electrons. The molecule has 0 unspecified atom stereocenters. The molecule has 0 atom stereocenters. The first-order valence-electron chi connectivity index (χ1n) is 5.04. The van der Waals surface area contributed by atoms with E-state index < -0.39 is 15.6 Å². The minimum absolute atomic E-state index is 0.0823. The molecule has 1 aromatic rings. The fourth-order valence-corrected chi connectivity index (χ4v) is 3.20. The van der Waals surface area contributed by atoms with Crippen LogP contribution in [-0.4, -0.2) is 25.2 Å². The molecule has 0 amide bonds. The third-order valence-corrected chi connectivity index (χ3v) is 4.10. The molecule has 0 bridgehead atoms. The predicted octanol–water partition coefficient (Wildman–Crippen LogP) is -0.272. The second-order valence-electron chi connectivity index (χ2n) is 4.05. The Morgan fingerprint density at radius 1 is 1.38 bits per heavy atom. The quantitative estimate of drug-likeness (QED) is 0.710. The van der Waals surface area contributed by atoms with Crippen molar-refractivity contribution in [2.24, 2.45) is 0 Å². The summed E-state index contributed by atoms with van der Waals surface area (Å²) in [5.41, 5.74) is 0.559. The first-order valence-corrected chi connectivity index (χ1v) is 6.53. The van der Waals surface area contributed by atoms with Gasteiger partial charge in [0.15, 0.2) is 4.90 Å². The van der Waals surface area contributed by atoms with Crippen LogP contribution in [0.1, 0.15) is 31.0 Å². The maximum atomic E-state index is 11.7. The number of nitrogens with zero attached hydrogens (tertiary/aromatic N) is 1. The van der Waals surface area contributed by atoms with Crippen LogP contribution in [0.4, 0.5) is 0 Å². The van der Waals surface area contributed by atoms with E-state index in [1.54, 1.807) is 0 Å². The van der Waals surface area contributed by atoms with Gasteiger partial charge in [0.25, 0.3) is 5.56 Å². The lowest BCUT2D eigenvalue weighted by atomic mass is 10.0. The molecular weight excluding hydrogens is 230 g/mol. The molecule has 0 aromatic carbocycles. The minimum Gasteiger partial charge on any atom is -0.266 e. The summed E-state index contributed by atoms with van der Waals surface area (Å²) in [4.78, 5) is 11.3. The number of fused-ring (bicyclic) bond motifs is 1. The van der Waals surface area contributed by atoms with Crippen molar-refractivity contribution >= 4 is 10.0 Å². The Bertz CT molecular complexity index is 574. The zero-order chi connectivity index (χ0) is 11.9. The second-order valence-corrected chi connectivity index (χ2v) is 5.75. The van der Waals surface area contributed by atoms with Crippen LogP contribution in [0.5, 0.6) is 0 Å². The lowest BCUT2D eigenvalue weighted by molar-refractivity contribution is 0.566. The average molecular weight is 243 g/mol. The highest BCUT2D eigenvalue weighted by molar-refractivity contribution is 7.89. The number of rotatable bonds is 1. The van der Waals surface area contributed by atoms with Crippen molar-refractivity contribution < 1.29 is 8.42 Å². The Labute approximate surface area is 93.1 Å².